The van der Waals surface area contributed by atoms with Crippen LogP contribution in [0.25, 0.3) is 0 Å². The average molecular weight is 292 g/mol. The first kappa shape index (κ1) is 15.0. The van der Waals surface area contributed by atoms with E-state index < -0.39 is 0 Å². The van der Waals surface area contributed by atoms with Crippen LogP contribution in [0.5, 0.6) is 0 Å². The van der Waals surface area contributed by atoms with Crippen LogP contribution in [0.15, 0.2) is 12.4 Å². The van der Waals surface area contributed by atoms with E-state index in [2.05, 4.69) is 28.1 Å². The van der Waals surface area contributed by atoms with E-state index in [-0.39, 0.29) is 0 Å². The van der Waals surface area contributed by atoms with Crippen molar-refractivity contribution >= 4 is 0 Å². The number of aromatic nitrogens is 2. The summed E-state index contributed by atoms with van der Waals surface area (Å²) in [6, 6.07) is 0.611. The van der Waals surface area contributed by atoms with Crippen LogP contribution in [0.1, 0.15) is 31.2 Å². The van der Waals surface area contributed by atoms with Crippen LogP contribution in [0, 0.1) is 0 Å². The molecule has 2 fully saturated rings. The van der Waals surface area contributed by atoms with Crippen LogP contribution in [0.2, 0.25) is 0 Å². The number of hydrogen-bond acceptors (Lipinski definition) is 4. The van der Waals surface area contributed by atoms with E-state index in [0.717, 1.165) is 13.2 Å². The third-order valence-corrected chi connectivity index (χ3v) is 5.55. The lowest BCUT2D eigenvalue weighted by atomic mass is 9.85. The molecule has 118 valence electrons. The van der Waals surface area contributed by atoms with Gasteiger partial charge in [-0.1, -0.05) is 0 Å². The van der Waals surface area contributed by atoms with Crippen molar-refractivity contribution < 1.29 is 4.74 Å². The molecule has 5 nitrogen and oxygen atoms in total. The summed E-state index contributed by atoms with van der Waals surface area (Å²) >= 11 is 0. The van der Waals surface area contributed by atoms with Crippen LogP contribution in [-0.2, 0) is 18.3 Å². The van der Waals surface area contributed by atoms with Crippen LogP contribution in [-0.4, -0.2) is 65.0 Å². The Labute approximate surface area is 127 Å². The van der Waals surface area contributed by atoms with Crippen LogP contribution in [0.4, 0.5) is 0 Å². The molecule has 0 aliphatic carbocycles. The zero-order valence-electron chi connectivity index (χ0n) is 13.6. The van der Waals surface area contributed by atoms with Crippen molar-refractivity contribution in [3.8, 4) is 0 Å². The minimum absolute atomic E-state index is 0.425. The topological polar surface area (TPSA) is 33.5 Å². The summed E-state index contributed by atoms with van der Waals surface area (Å²) in [6.45, 7) is 4.30. The maximum atomic E-state index is 5.37. The van der Waals surface area contributed by atoms with Gasteiger partial charge in [-0.25, -0.2) is 0 Å². The van der Waals surface area contributed by atoms with Gasteiger partial charge in [0, 0.05) is 57.1 Å². The highest BCUT2D eigenvalue weighted by atomic mass is 16.5. The number of likely N-dealkylation sites (N-methyl/N-ethyl adjacent to an activating group) is 1. The normalized spacial score (nSPS) is 26.7. The molecule has 1 aromatic rings. The number of piperidine rings is 1. The van der Waals surface area contributed by atoms with Gasteiger partial charge in [-0.05, 0) is 32.7 Å². The van der Waals surface area contributed by atoms with Gasteiger partial charge in [0.1, 0.15) is 0 Å². The summed E-state index contributed by atoms with van der Waals surface area (Å²) in [5.41, 5.74) is 1.75. The first-order valence-corrected chi connectivity index (χ1v) is 8.05. The van der Waals surface area contributed by atoms with Gasteiger partial charge in [-0.3, -0.25) is 14.5 Å². The van der Waals surface area contributed by atoms with Crippen molar-refractivity contribution in [2.75, 3.05) is 33.9 Å². The minimum atomic E-state index is 0.425. The number of aryl methyl sites for hydroxylation is 1. The van der Waals surface area contributed by atoms with Gasteiger partial charge in [-0.15, -0.1) is 0 Å². The number of nitrogens with zero attached hydrogens (tertiary/aromatic N) is 4. The molecule has 1 atom stereocenters. The van der Waals surface area contributed by atoms with E-state index >= 15 is 0 Å². The summed E-state index contributed by atoms with van der Waals surface area (Å²) in [5, 5.41) is 4.26. The zero-order chi connectivity index (χ0) is 14.9. The summed E-state index contributed by atoms with van der Waals surface area (Å²) in [6.07, 6.45) is 9.29. The molecule has 1 spiro atoms. The highest BCUT2D eigenvalue weighted by molar-refractivity contribution is 5.06. The molecule has 0 N–H and O–H groups in total. The average Bonchev–Trinajstić information content (AvgIpc) is 3.01. The molecule has 3 heterocycles. The fourth-order valence-electron chi connectivity index (χ4n) is 4.12. The lowest BCUT2D eigenvalue weighted by molar-refractivity contribution is 0.0282. The van der Waals surface area contributed by atoms with Gasteiger partial charge < -0.3 is 4.74 Å². The Morgan fingerprint density at radius 1 is 1.29 bits per heavy atom. The lowest BCUT2D eigenvalue weighted by Crippen LogP contribution is -2.52. The largest absolute Gasteiger partial charge is 0.383 e. The predicted molar refractivity (Wildman–Crippen MR) is 83.1 cm³/mol. The second-order valence-electron chi connectivity index (χ2n) is 6.78. The van der Waals surface area contributed by atoms with E-state index in [4.69, 9.17) is 4.74 Å². The van der Waals surface area contributed by atoms with E-state index in [1.165, 1.54) is 44.3 Å². The second kappa shape index (κ2) is 6.07. The number of rotatable bonds is 4. The van der Waals surface area contributed by atoms with Crippen molar-refractivity contribution in [3.63, 3.8) is 0 Å². The molecular formula is C16H28N4O. The van der Waals surface area contributed by atoms with Crippen molar-refractivity contribution in [3.05, 3.63) is 18.0 Å². The molecule has 0 amide bonds. The molecule has 0 aromatic carbocycles. The molecule has 1 aromatic heterocycles. The number of methoxy groups -OCH3 is 1. The van der Waals surface area contributed by atoms with Crippen LogP contribution in [0.3, 0.4) is 0 Å². The third-order valence-electron chi connectivity index (χ3n) is 5.55. The van der Waals surface area contributed by atoms with Crippen molar-refractivity contribution in [2.45, 2.75) is 43.8 Å². The number of likely N-dealkylation sites (tertiary alicyclic amines) is 2. The van der Waals surface area contributed by atoms with E-state index in [1.807, 2.05) is 25.0 Å². The van der Waals surface area contributed by atoms with Crippen LogP contribution < -0.4 is 0 Å². The Hall–Kier alpha value is -0.910. The second-order valence-corrected chi connectivity index (χ2v) is 6.78. The van der Waals surface area contributed by atoms with Crippen molar-refractivity contribution in [2.24, 2.45) is 7.05 Å². The highest BCUT2D eigenvalue weighted by Gasteiger charge is 2.45. The van der Waals surface area contributed by atoms with Gasteiger partial charge in [0.25, 0.3) is 0 Å². The maximum absolute atomic E-state index is 5.37. The monoisotopic (exact) mass is 292 g/mol. The smallest absolute Gasteiger partial charge is 0.0618 e. The molecule has 0 unspecified atom stereocenters. The molecule has 3 rings (SSSR count). The maximum Gasteiger partial charge on any atom is 0.0618 e. The van der Waals surface area contributed by atoms with Crippen molar-refractivity contribution in [1.29, 1.82) is 0 Å². The molecule has 2 aliphatic rings. The van der Waals surface area contributed by atoms with E-state index in [9.17, 15) is 0 Å². The Kier molecular flexibility index (Phi) is 4.33. The molecule has 2 saturated heterocycles. The molecular weight excluding hydrogens is 264 g/mol. The standard InChI is InChI=1S/C16H28N4O/c1-18-11-14(10-17-18)12-20-8-6-16(7-9-20)5-4-15(13-21-3)19(16)2/h10-11,15H,4-9,12-13H2,1-3H3/t15-/m0/s1. The van der Waals surface area contributed by atoms with Gasteiger partial charge in [-0.2, -0.15) is 5.10 Å². The molecule has 0 saturated carbocycles. The Balaban J connectivity index is 1.55. The first-order valence-electron chi connectivity index (χ1n) is 8.05. The summed E-state index contributed by atoms with van der Waals surface area (Å²) < 4.78 is 7.26. The molecule has 0 radical (unpaired) electrons. The fourth-order valence-corrected chi connectivity index (χ4v) is 4.12. The number of hydrogen-bond donors (Lipinski definition) is 0. The molecule has 21 heavy (non-hydrogen) atoms. The minimum Gasteiger partial charge on any atom is -0.383 e. The number of ether oxygens (including phenoxy) is 1. The third kappa shape index (κ3) is 3.00. The van der Waals surface area contributed by atoms with E-state index in [0.29, 0.717) is 11.6 Å². The highest BCUT2D eigenvalue weighted by Crippen LogP contribution is 2.40. The van der Waals surface area contributed by atoms with Gasteiger partial charge >= 0.3 is 0 Å². The molecule has 5 heteroatoms. The van der Waals surface area contributed by atoms with Crippen molar-refractivity contribution in [1.82, 2.24) is 19.6 Å². The molecule has 0 bridgehead atoms. The Bertz CT molecular complexity index is 465. The fraction of sp³-hybridized carbons (Fsp3) is 0.812. The first-order chi connectivity index (χ1) is 10.1. The Morgan fingerprint density at radius 2 is 2.05 bits per heavy atom. The van der Waals surface area contributed by atoms with Crippen LogP contribution >= 0.6 is 0 Å². The summed E-state index contributed by atoms with van der Waals surface area (Å²) in [7, 11) is 6.10. The Morgan fingerprint density at radius 3 is 2.67 bits per heavy atom. The summed E-state index contributed by atoms with van der Waals surface area (Å²) in [5.74, 6) is 0. The molecule has 2 aliphatic heterocycles. The lowest BCUT2D eigenvalue weighted by Gasteiger charge is -2.45. The SMILES string of the molecule is COC[C@@H]1CCC2(CCN(Cc3cnn(C)c3)CC2)N1C. The predicted octanol–water partition coefficient (Wildman–Crippen LogP) is 1.50. The van der Waals surface area contributed by atoms with Gasteiger partial charge in [0.05, 0.1) is 12.8 Å². The van der Waals surface area contributed by atoms with Gasteiger partial charge in [0.2, 0.25) is 0 Å². The zero-order valence-corrected chi connectivity index (χ0v) is 13.6. The van der Waals surface area contributed by atoms with Gasteiger partial charge in [0.15, 0.2) is 0 Å². The quantitative estimate of drug-likeness (QED) is 0.842. The summed E-state index contributed by atoms with van der Waals surface area (Å²) in [4.78, 5) is 5.18. The van der Waals surface area contributed by atoms with E-state index in [1.54, 1.807) is 0 Å².